The molecule has 2 N–H and O–H groups in total. The van der Waals surface area contributed by atoms with E-state index < -0.39 is 0 Å². The van der Waals surface area contributed by atoms with Crippen LogP contribution < -0.4 is 5.32 Å². The van der Waals surface area contributed by atoms with E-state index in [9.17, 15) is 4.79 Å². The Hall–Kier alpha value is -1.79. The number of carbonyl (C=O) groups is 1. The summed E-state index contributed by atoms with van der Waals surface area (Å²) in [5, 5.41) is 12.6. The van der Waals surface area contributed by atoms with Crippen molar-refractivity contribution in [2.24, 2.45) is 5.92 Å². The molecule has 1 unspecified atom stereocenters. The lowest BCUT2D eigenvalue weighted by Crippen LogP contribution is -2.31. The predicted octanol–water partition coefficient (Wildman–Crippen LogP) is 1.95. The van der Waals surface area contributed by atoms with Gasteiger partial charge in [0.25, 0.3) is 5.91 Å². The minimum Gasteiger partial charge on any atom is -0.396 e. The standard InChI is InChI=1S/C15H19N3O2S/c1-11(10-19)8-16-14(20)13-9-17-15(21-2)18(13)12-6-4-3-5-7-12/h3-7,9,11,19H,8,10H2,1-2H3,(H,16,20). The van der Waals surface area contributed by atoms with Crippen LogP contribution in [0.1, 0.15) is 17.4 Å². The number of nitrogens with zero attached hydrogens (tertiary/aromatic N) is 2. The summed E-state index contributed by atoms with van der Waals surface area (Å²) >= 11 is 1.49. The number of hydrogen-bond donors (Lipinski definition) is 2. The van der Waals surface area contributed by atoms with Gasteiger partial charge in [0.1, 0.15) is 5.69 Å². The van der Waals surface area contributed by atoms with Crippen molar-refractivity contribution in [1.29, 1.82) is 0 Å². The molecule has 0 radical (unpaired) electrons. The van der Waals surface area contributed by atoms with Crippen molar-refractivity contribution in [3.63, 3.8) is 0 Å². The normalized spacial score (nSPS) is 12.1. The van der Waals surface area contributed by atoms with Gasteiger partial charge in [-0.25, -0.2) is 4.98 Å². The molecule has 0 spiro atoms. The van der Waals surface area contributed by atoms with Gasteiger partial charge in [-0.05, 0) is 24.3 Å². The number of nitrogens with one attached hydrogen (secondary N) is 1. The average molecular weight is 305 g/mol. The smallest absolute Gasteiger partial charge is 0.269 e. The minimum absolute atomic E-state index is 0.0297. The lowest BCUT2D eigenvalue weighted by atomic mass is 10.2. The van der Waals surface area contributed by atoms with E-state index in [0.29, 0.717) is 12.2 Å². The number of benzene rings is 1. The van der Waals surface area contributed by atoms with Crippen LogP contribution in [-0.2, 0) is 0 Å². The van der Waals surface area contributed by atoms with E-state index in [1.807, 2.05) is 48.1 Å². The van der Waals surface area contributed by atoms with E-state index in [1.165, 1.54) is 11.8 Å². The second-order valence-corrected chi connectivity index (χ2v) is 5.57. The van der Waals surface area contributed by atoms with Gasteiger partial charge in [-0.1, -0.05) is 36.9 Å². The molecule has 1 aromatic carbocycles. The molecule has 0 saturated carbocycles. The van der Waals surface area contributed by atoms with E-state index in [1.54, 1.807) is 6.20 Å². The van der Waals surface area contributed by atoms with Gasteiger partial charge >= 0.3 is 0 Å². The minimum atomic E-state index is -0.188. The number of hydrogen-bond acceptors (Lipinski definition) is 4. The van der Waals surface area contributed by atoms with Crippen molar-refractivity contribution in [3.05, 3.63) is 42.2 Å². The summed E-state index contributed by atoms with van der Waals surface area (Å²) in [6, 6.07) is 9.66. The number of carbonyl (C=O) groups excluding carboxylic acids is 1. The van der Waals surface area contributed by atoms with Gasteiger partial charge in [-0.2, -0.15) is 0 Å². The Balaban J connectivity index is 2.28. The number of aliphatic hydroxyl groups is 1. The van der Waals surface area contributed by atoms with Crippen LogP contribution in [0.15, 0.2) is 41.7 Å². The van der Waals surface area contributed by atoms with E-state index in [0.717, 1.165) is 10.8 Å². The molecule has 6 heteroatoms. The Labute approximate surface area is 128 Å². The highest BCUT2D eigenvalue weighted by Gasteiger charge is 2.17. The van der Waals surface area contributed by atoms with Crippen molar-refractivity contribution in [1.82, 2.24) is 14.9 Å². The number of thioether (sulfide) groups is 1. The van der Waals surface area contributed by atoms with Crippen molar-refractivity contribution < 1.29 is 9.90 Å². The zero-order valence-corrected chi connectivity index (χ0v) is 12.9. The topological polar surface area (TPSA) is 67.2 Å². The fourth-order valence-corrected chi connectivity index (χ4v) is 2.43. The summed E-state index contributed by atoms with van der Waals surface area (Å²) < 4.78 is 1.84. The molecule has 5 nitrogen and oxygen atoms in total. The maximum absolute atomic E-state index is 12.3. The third-order valence-electron chi connectivity index (χ3n) is 3.08. The number of aliphatic hydroxyl groups excluding tert-OH is 1. The van der Waals surface area contributed by atoms with E-state index in [4.69, 9.17) is 5.11 Å². The zero-order chi connectivity index (χ0) is 15.2. The summed E-state index contributed by atoms with van der Waals surface area (Å²) in [7, 11) is 0. The van der Waals surface area contributed by atoms with Crippen LogP contribution in [0.5, 0.6) is 0 Å². The second-order valence-electron chi connectivity index (χ2n) is 4.80. The highest BCUT2D eigenvalue weighted by Crippen LogP contribution is 2.21. The van der Waals surface area contributed by atoms with Crippen LogP contribution in [0.4, 0.5) is 0 Å². The third kappa shape index (κ3) is 3.65. The summed E-state index contributed by atoms with van der Waals surface area (Å²) in [5.41, 5.74) is 1.40. The predicted molar refractivity (Wildman–Crippen MR) is 83.9 cm³/mol. The van der Waals surface area contributed by atoms with Gasteiger partial charge in [-0.3, -0.25) is 9.36 Å². The molecule has 0 bridgehead atoms. The van der Waals surface area contributed by atoms with Gasteiger partial charge < -0.3 is 10.4 Å². The molecule has 1 amide bonds. The van der Waals surface area contributed by atoms with Crippen LogP contribution in [0.3, 0.4) is 0 Å². The lowest BCUT2D eigenvalue weighted by molar-refractivity contribution is 0.0935. The molecule has 0 aliphatic carbocycles. The molecule has 0 aliphatic rings. The van der Waals surface area contributed by atoms with E-state index >= 15 is 0 Å². The van der Waals surface area contributed by atoms with Gasteiger partial charge in [0, 0.05) is 18.8 Å². The fourth-order valence-electron chi connectivity index (χ4n) is 1.89. The number of aromatic nitrogens is 2. The molecule has 2 rings (SSSR count). The van der Waals surface area contributed by atoms with E-state index in [2.05, 4.69) is 10.3 Å². The molecule has 21 heavy (non-hydrogen) atoms. The van der Waals surface area contributed by atoms with Crippen molar-refractivity contribution in [2.45, 2.75) is 12.1 Å². The van der Waals surface area contributed by atoms with Crippen LogP contribution in [0, 0.1) is 5.92 Å². The quantitative estimate of drug-likeness (QED) is 0.801. The highest BCUT2D eigenvalue weighted by molar-refractivity contribution is 7.98. The molecule has 0 fully saturated rings. The number of amides is 1. The Morgan fingerprint density at radius 1 is 1.43 bits per heavy atom. The largest absolute Gasteiger partial charge is 0.396 e. The molecule has 1 atom stereocenters. The van der Waals surface area contributed by atoms with Crippen LogP contribution in [0.25, 0.3) is 5.69 Å². The third-order valence-corrected chi connectivity index (χ3v) is 3.73. The zero-order valence-electron chi connectivity index (χ0n) is 12.1. The van der Waals surface area contributed by atoms with Crippen molar-refractivity contribution >= 4 is 17.7 Å². The average Bonchev–Trinajstić information content (AvgIpc) is 2.97. The second kappa shape index (κ2) is 7.28. The summed E-state index contributed by atoms with van der Waals surface area (Å²) in [6.07, 6.45) is 3.51. The highest BCUT2D eigenvalue weighted by atomic mass is 32.2. The monoisotopic (exact) mass is 305 g/mol. The van der Waals surface area contributed by atoms with Gasteiger partial charge in [0.15, 0.2) is 5.16 Å². The summed E-state index contributed by atoms with van der Waals surface area (Å²) in [6.45, 7) is 2.36. The Morgan fingerprint density at radius 3 is 2.76 bits per heavy atom. The molecule has 2 aromatic rings. The van der Waals surface area contributed by atoms with Crippen molar-refractivity contribution in [2.75, 3.05) is 19.4 Å². The van der Waals surface area contributed by atoms with Gasteiger partial charge in [0.2, 0.25) is 0 Å². The summed E-state index contributed by atoms with van der Waals surface area (Å²) in [5.74, 6) is -0.158. The summed E-state index contributed by atoms with van der Waals surface area (Å²) in [4.78, 5) is 16.6. The Kier molecular flexibility index (Phi) is 5.41. The van der Waals surface area contributed by atoms with E-state index in [-0.39, 0.29) is 18.4 Å². The van der Waals surface area contributed by atoms with Gasteiger partial charge in [0.05, 0.1) is 6.20 Å². The first-order valence-corrected chi connectivity index (χ1v) is 7.96. The van der Waals surface area contributed by atoms with Crippen LogP contribution in [-0.4, -0.2) is 40.0 Å². The first kappa shape index (κ1) is 15.6. The first-order valence-electron chi connectivity index (χ1n) is 6.73. The molecular weight excluding hydrogens is 286 g/mol. The molecular formula is C15H19N3O2S. The molecule has 0 saturated heterocycles. The molecule has 0 aliphatic heterocycles. The number of rotatable bonds is 6. The first-order chi connectivity index (χ1) is 10.2. The maximum atomic E-state index is 12.3. The molecule has 1 heterocycles. The van der Waals surface area contributed by atoms with Gasteiger partial charge in [-0.15, -0.1) is 0 Å². The Morgan fingerprint density at radius 2 is 2.14 bits per heavy atom. The number of para-hydroxylation sites is 1. The van der Waals surface area contributed by atoms with Crippen LogP contribution >= 0.6 is 11.8 Å². The number of imidazole rings is 1. The van der Waals surface area contributed by atoms with Crippen molar-refractivity contribution in [3.8, 4) is 5.69 Å². The SMILES string of the molecule is CSc1ncc(C(=O)NCC(C)CO)n1-c1ccccc1. The van der Waals surface area contributed by atoms with Crippen LogP contribution in [0.2, 0.25) is 0 Å². The fraction of sp³-hybridized carbons (Fsp3) is 0.333. The lowest BCUT2D eigenvalue weighted by Gasteiger charge is -2.12. The molecule has 112 valence electrons. The maximum Gasteiger partial charge on any atom is 0.269 e. The molecule has 1 aromatic heterocycles. The Bertz CT molecular complexity index is 598.